The third kappa shape index (κ3) is 2.11. The molecule has 2 atom stereocenters. The molecule has 0 radical (unpaired) electrons. The van der Waals surface area contributed by atoms with Crippen molar-refractivity contribution in [2.24, 2.45) is 11.3 Å². The average Bonchev–Trinajstić information content (AvgIpc) is 2.74. The lowest BCUT2D eigenvalue weighted by Gasteiger charge is -1.96. The lowest BCUT2D eigenvalue weighted by atomic mass is 10.1. The highest BCUT2D eigenvalue weighted by atomic mass is 32.1. The van der Waals surface area contributed by atoms with Crippen molar-refractivity contribution < 1.29 is 14.4 Å². The number of hydrogen-bond donors (Lipinski definition) is 1. The molecule has 0 saturated heterocycles. The van der Waals surface area contributed by atoms with Gasteiger partial charge in [-0.05, 0) is 12.3 Å². The highest BCUT2D eigenvalue weighted by molar-refractivity contribution is 7.09. The number of aromatic nitrogens is 3. The molecule has 20 heavy (non-hydrogen) atoms. The van der Waals surface area contributed by atoms with Gasteiger partial charge in [-0.2, -0.15) is 4.98 Å². The van der Waals surface area contributed by atoms with Crippen LogP contribution in [0.5, 0.6) is 0 Å². The van der Waals surface area contributed by atoms with Gasteiger partial charge < -0.3 is 9.63 Å². The lowest BCUT2D eigenvalue weighted by molar-refractivity contribution is -0.139. The topological polar surface area (TPSA) is 89.1 Å². The normalized spacial score (nSPS) is 23.8. The summed E-state index contributed by atoms with van der Waals surface area (Å²) < 4.78 is 5.23. The second-order valence-electron chi connectivity index (χ2n) is 5.70. The first-order chi connectivity index (χ1) is 9.39. The van der Waals surface area contributed by atoms with Gasteiger partial charge in [-0.1, -0.05) is 19.0 Å². The Kier molecular flexibility index (Phi) is 2.89. The lowest BCUT2D eigenvalue weighted by Crippen LogP contribution is -2.03. The Bertz CT molecular complexity index is 661. The first-order valence-corrected chi connectivity index (χ1v) is 7.24. The molecule has 6 nitrogen and oxygen atoms in total. The van der Waals surface area contributed by atoms with E-state index in [0.29, 0.717) is 18.1 Å². The van der Waals surface area contributed by atoms with E-state index in [2.05, 4.69) is 15.1 Å². The molecule has 7 heteroatoms. The van der Waals surface area contributed by atoms with Crippen LogP contribution in [0, 0.1) is 18.3 Å². The number of nitrogens with zero attached hydrogens (tertiary/aromatic N) is 3. The Morgan fingerprint density at radius 2 is 2.25 bits per heavy atom. The monoisotopic (exact) mass is 293 g/mol. The smallest absolute Gasteiger partial charge is 0.307 e. The minimum absolute atomic E-state index is 0.196. The van der Waals surface area contributed by atoms with Crippen molar-refractivity contribution in [1.82, 2.24) is 15.1 Å². The summed E-state index contributed by atoms with van der Waals surface area (Å²) in [5.41, 5.74) is 0.581. The summed E-state index contributed by atoms with van der Waals surface area (Å²) in [6, 6.07) is 0. The second-order valence-corrected chi connectivity index (χ2v) is 6.76. The summed E-state index contributed by atoms with van der Waals surface area (Å²) in [7, 11) is 0. The van der Waals surface area contributed by atoms with Gasteiger partial charge >= 0.3 is 5.97 Å². The van der Waals surface area contributed by atoms with Crippen LogP contribution < -0.4 is 0 Å². The minimum Gasteiger partial charge on any atom is -0.481 e. The van der Waals surface area contributed by atoms with Crippen molar-refractivity contribution in [3.8, 4) is 0 Å². The predicted octanol–water partition coefficient (Wildman–Crippen LogP) is 2.25. The fraction of sp³-hybridized carbons (Fsp3) is 0.538. The number of carboxylic acid groups (broad SMARTS) is 1. The van der Waals surface area contributed by atoms with E-state index in [0.717, 1.165) is 10.7 Å². The molecular formula is C13H15N3O3S. The minimum atomic E-state index is -0.810. The Hall–Kier alpha value is -1.76. The van der Waals surface area contributed by atoms with Crippen molar-refractivity contribution in [1.29, 1.82) is 0 Å². The van der Waals surface area contributed by atoms with Crippen LogP contribution in [0.2, 0.25) is 0 Å². The largest absolute Gasteiger partial charge is 0.481 e. The fourth-order valence-corrected chi connectivity index (χ4v) is 3.29. The molecule has 106 valence electrons. The van der Waals surface area contributed by atoms with Crippen LogP contribution in [0.15, 0.2) is 9.90 Å². The van der Waals surface area contributed by atoms with Gasteiger partial charge in [0.1, 0.15) is 0 Å². The zero-order valence-corrected chi connectivity index (χ0v) is 12.3. The summed E-state index contributed by atoms with van der Waals surface area (Å²) in [5.74, 6) is -0.480. The molecule has 0 amide bonds. The summed E-state index contributed by atoms with van der Waals surface area (Å²) in [6.45, 7) is 5.76. The summed E-state index contributed by atoms with van der Waals surface area (Å²) >= 11 is 1.58. The SMILES string of the molecule is Cc1nc(Cc2noc(C3C(C(=O)O)C3(C)C)n2)cs1. The quantitative estimate of drug-likeness (QED) is 0.930. The molecule has 1 saturated carbocycles. The standard InChI is InChI=1S/C13H15N3O3S/c1-6-14-7(5-20-6)4-8-15-11(19-16-8)9-10(12(17)18)13(9,2)3/h5,9-10H,4H2,1-3H3,(H,17,18). The number of hydrogen-bond acceptors (Lipinski definition) is 6. The van der Waals surface area contributed by atoms with E-state index < -0.39 is 11.9 Å². The van der Waals surface area contributed by atoms with E-state index in [1.54, 1.807) is 11.3 Å². The van der Waals surface area contributed by atoms with Gasteiger partial charge in [0.2, 0.25) is 5.89 Å². The first kappa shape index (κ1) is 13.2. The Morgan fingerprint density at radius 3 is 2.80 bits per heavy atom. The number of rotatable bonds is 4. The van der Waals surface area contributed by atoms with Crippen LogP contribution in [0.4, 0.5) is 0 Å². The van der Waals surface area contributed by atoms with E-state index in [1.807, 2.05) is 26.2 Å². The molecule has 2 aromatic rings. The molecule has 2 heterocycles. The maximum Gasteiger partial charge on any atom is 0.307 e. The van der Waals surface area contributed by atoms with Crippen LogP contribution in [0.3, 0.4) is 0 Å². The van der Waals surface area contributed by atoms with Gasteiger partial charge in [0.25, 0.3) is 0 Å². The van der Waals surface area contributed by atoms with Crippen molar-refractivity contribution in [2.45, 2.75) is 33.1 Å². The molecular weight excluding hydrogens is 278 g/mol. The van der Waals surface area contributed by atoms with Crippen LogP contribution in [-0.4, -0.2) is 26.2 Å². The van der Waals surface area contributed by atoms with E-state index in [4.69, 9.17) is 9.63 Å². The Morgan fingerprint density at radius 1 is 1.50 bits per heavy atom. The second kappa shape index (κ2) is 4.37. The van der Waals surface area contributed by atoms with Crippen LogP contribution >= 0.6 is 11.3 Å². The van der Waals surface area contributed by atoms with Crippen LogP contribution in [-0.2, 0) is 11.2 Å². The summed E-state index contributed by atoms with van der Waals surface area (Å²) in [4.78, 5) is 19.8. The first-order valence-electron chi connectivity index (χ1n) is 6.36. The predicted molar refractivity (Wildman–Crippen MR) is 71.6 cm³/mol. The van der Waals surface area contributed by atoms with Crippen molar-refractivity contribution in [2.75, 3.05) is 0 Å². The number of thiazole rings is 1. The summed E-state index contributed by atoms with van der Waals surface area (Å²) in [6.07, 6.45) is 0.513. The molecule has 2 unspecified atom stereocenters. The van der Waals surface area contributed by atoms with E-state index in [-0.39, 0.29) is 11.3 Å². The number of carbonyl (C=O) groups is 1. The molecule has 1 aliphatic rings. The van der Waals surface area contributed by atoms with Gasteiger partial charge in [-0.25, -0.2) is 4.98 Å². The van der Waals surface area contributed by atoms with Crippen LogP contribution in [0.25, 0.3) is 0 Å². The van der Waals surface area contributed by atoms with Crippen molar-refractivity contribution in [3.05, 3.63) is 27.8 Å². The Labute approximate surface area is 119 Å². The molecule has 0 aliphatic heterocycles. The third-order valence-electron chi connectivity index (χ3n) is 3.85. The third-order valence-corrected chi connectivity index (χ3v) is 4.67. The average molecular weight is 293 g/mol. The number of aliphatic carboxylic acids is 1. The number of carboxylic acids is 1. The number of aryl methyl sites for hydroxylation is 1. The molecule has 3 rings (SSSR count). The highest BCUT2D eigenvalue weighted by Crippen LogP contribution is 2.63. The van der Waals surface area contributed by atoms with Crippen molar-refractivity contribution in [3.63, 3.8) is 0 Å². The maximum atomic E-state index is 11.2. The molecule has 0 bridgehead atoms. The van der Waals surface area contributed by atoms with Gasteiger partial charge in [-0.3, -0.25) is 4.79 Å². The van der Waals surface area contributed by atoms with E-state index in [1.165, 1.54) is 0 Å². The van der Waals surface area contributed by atoms with Gasteiger partial charge in [0.15, 0.2) is 5.82 Å². The van der Waals surface area contributed by atoms with Gasteiger partial charge in [0.05, 0.1) is 29.0 Å². The van der Waals surface area contributed by atoms with Crippen molar-refractivity contribution >= 4 is 17.3 Å². The summed E-state index contributed by atoms with van der Waals surface area (Å²) in [5, 5.41) is 16.1. The van der Waals surface area contributed by atoms with E-state index in [9.17, 15) is 4.79 Å². The molecule has 1 aliphatic carbocycles. The molecule has 0 spiro atoms. The fourth-order valence-electron chi connectivity index (χ4n) is 2.68. The molecule has 2 aromatic heterocycles. The van der Waals surface area contributed by atoms with E-state index >= 15 is 0 Å². The molecule has 1 fully saturated rings. The highest BCUT2D eigenvalue weighted by Gasteiger charge is 2.65. The molecule has 0 aromatic carbocycles. The maximum absolute atomic E-state index is 11.2. The molecule has 1 N–H and O–H groups in total. The van der Waals surface area contributed by atoms with Gasteiger partial charge in [0, 0.05) is 5.38 Å². The zero-order valence-electron chi connectivity index (χ0n) is 11.5. The Balaban J connectivity index is 1.76. The van der Waals surface area contributed by atoms with Gasteiger partial charge in [-0.15, -0.1) is 11.3 Å². The zero-order chi connectivity index (χ0) is 14.5. The van der Waals surface area contributed by atoms with Crippen LogP contribution in [0.1, 0.15) is 42.2 Å².